The molecule has 3 nitrogen and oxygen atoms in total. The number of carbonyl (C=O) groups is 2. The van der Waals surface area contributed by atoms with Crippen LogP contribution in [0.4, 0.5) is 10.1 Å². The number of rotatable bonds is 5. The molecule has 0 fully saturated rings. The average Bonchev–Trinajstić information content (AvgIpc) is 2.46. The second-order valence-corrected chi connectivity index (χ2v) is 5.95. The first kappa shape index (κ1) is 16.2. The molecule has 114 valence electrons. The second-order valence-electron chi connectivity index (χ2n) is 4.90. The monoisotopic (exact) mass is 317 g/mol. The van der Waals surface area contributed by atoms with E-state index in [-0.39, 0.29) is 23.0 Å². The molecule has 0 saturated carbocycles. The molecule has 0 aliphatic carbocycles. The molecule has 1 amide bonds. The molecular weight excluding hydrogens is 301 g/mol. The zero-order valence-corrected chi connectivity index (χ0v) is 13.2. The highest BCUT2D eigenvalue weighted by Crippen LogP contribution is 2.21. The Kier molecular flexibility index (Phi) is 5.33. The SMILES string of the molecule is CC(=O)Nc1ccc(C(=O)CSc2ccc(C)cc2)c(F)c1. The molecule has 0 aliphatic rings. The molecule has 5 heteroatoms. The van der Waals surface area contributed by atoms with Crippen molar-refractivity contribution in [3.63, 3.8) is 0 Å². The summed E-state index contributed by atoms with van der Waals surface area (Å²) in [4.78, 5) is 24.0. The van der Waals surface area contributed by atoms with Gasteiger partial charge in [0.25, 0.3) is 0 Å². The average molecular weight is 317 g/mol. The van der Waals surface area contributed by atoms with Gasteiger partial charge in [0.05, 0.1) is 11.3 Å². The van der Waals surface area contributed by atoms with Crippen LogP contribution in [0.5, 0.6) is 0 Å². The van der Waals surface area contributed by atoms with E-state index < -0.39 is 5.82 Å². The summed E-state index contributed by atoms with van der Waals surface area (Å²) < 4.78 is 13.9. The number of hydrogen-bond acceptors (Lipinski definition) is 3. The van der Waals surface area contributed by atoms with Crippen LogP contribution in [-0.2, 0) is 4.79 Å². The number of benzene rings is 2. The van der Waals surface area contributed by atoms with E-state index in [9.17, 15) is 14.0 Å². The van der Waals surface area contributed by atoms with Crippen molar-refractivity contribution in [2.75, 3.05) is 11.1 Å². The van der Waals surface area contributed by atoms with Crippen molar-refractivity contribution >= 4 is 29.1 Å². The van der Waals surface area contributed by atoms with Crippen LogP contribution in [0.2, 0.25) is 0 Å². The molecule has 0 aliphatic heterocycles. The van der Waals surface area contributed by atoms with E-state index in [1.165, 1.54) is 30.8 Å². The van der Waals surface area contributed by atoms with Gasteiger partial charge in [0.15, 0.2) is 5.78 Å². The lowest BCUT2D eigenvalue weighted by molar-refractivity contribution is -0.114. The first-order chi connectivity index (χ1) is 10.5. The van der Waals surface area contributed by atoms with Crippen LogP contribution in [0.25, 0.3) is 0 Å². The summed E-state index contributed by atoms with van der Waals surface area (Å²) in [5.74, 6) is -1.02. The largest absolute Gasteiger partial charge is 0.326 e. The number of nitrogens with one attached hydrogen (secondary N) is 1. The smallest absolute Gasteiger partial charge is 0.221 e. The molecule has 2 aromatic rings. The zero-order chi connectivity index (χ0) is 16.1. The molecule has 1 N–H and O–H groups in total. The minimum absolute atomic E-state index is 0.0358. The van der Waals surface area contributed by atoms with Gasteiger partial charge in [-0.2, -0.15) is 0 Å². The summed E-state index contributed by atoms with van der Waals surface area (Å²) in [5.41, 5.74) is 1.52. The van der Waals surface area contributed by atoms with Crippen molar-refractivity contribution in [2.45, 2.75) is 18.7 Å². The number of carbonyl (C=O) groups excluding carboxylic acids is 2. The summed E-state index contributed by atoms with van der Waals surface area (Å²) in [6.45, 7) is 3.33. The minimum Gasteiger partial charge on any atom is -0.326 e. The molecule has 0 aromatic heterocycles. The third-order valence-corrected chi connectivity index (χ3v) is 3.99. The van der Waals surface area contributed by atoms with Crippen LogP contribution in [0.3, 0.4) is 0 Å². The van der Waals surface area contributed by atoms with Crippen molar-refractivity contribution in [3.8, 4) is 0 Å². The Morgan fingerprint density at radius 3 is 2.41 bits per heavy atom. The van der Waals surface area contributed by atoms with Crippen LogP contribution in [-0.4, -0.2) is 17.4 Å². The predicted molar refractivity (Wildman–Crippen MR) is 86.9 cm³/mol. The lowest BCUT2D eigenvalue weighted by atomic mass is 10.1. The van der Waals surface area contributed by atoms with Crippen molar-refractivity contribution < 1.29 is 14.0 Å². The van der Waals surface area contributed by atoms with Gasteiger partial charge >= 0.3 is 0 Å². The molecule has 0 atom stereocenters. The zero-order valence-electron chi connectivity index (χ0n) is 12.4. The Bertz CT molecular complexity index is 698. The van der Waals surface area contributed by atoms with E-state index in [0.29, 0.717) is 5.69 Å². The lowest BCUT2D eigenvalue weighted by Gasteiger charge is -2.06. The van der Waals surface area contributed by atoms with Crippen molar-refractivity contribution in [1.29, 1.82) is 0 Å². The van der Waals surface area contributed by atoms with Crippen LogP contribution < -0.4 is 5.32 Å². The van der Waals surface area contributed by atoms with Crippen molar-refractivity contribution in [3.05, 3.63) is 59.4 Å². The molecule has 0 heterocycles. The molecule has 0 spiro atoms. The molecule has 0 bridgehead atoms. The number of amides is 1. The molecule has 0 unspecified atom stereocenters. The van der Waals surface area contributed by atoms with Gasteiger partial charge in [-0.1, -0.05) is 17.7 Å². The van der Waals surface area contributed by atoms with Crippen LogP contribution in [0.1, 0.15) is 22.8 Å². The fraction of sp³-hybridized carbons (Fsp3) is 0.176. The number of hydrogen-bond donors (Lipinski definition) is 1. The number of anilines is 1. The molecule has 2 rings (SSSR count). The predicted octanol–water partition coefficient (Wildman–Crippen LogP) is 4.07. The summed E-state index contributed by atoms with van der Waals surface area (Å²) in [7, 11) is 0. The highest BCUT2D eigenvalue weighted by atomic mass is 32.2. The van der Waals surface area contributed by atoms with Gasteiger partial charge < -0.3 is 5.32 Å². The van der Waals surface area contributed by atoms with Gasteiger partial charge in [0.2, 0.25) is 5.91 Å². The Balaban J connectivity index is 2.03. The highest BCUT2D eigenvalue weighted by Gasteiger charge is 2.13. The first-order valence-corrected chi connectivity index (χ1v) is 7.74. The Hall–Kier alpha value is -2.14. The molecule has 2 aromatic carbocycles. The van der Waals surface area contributed by atoms with Gasteiger partial charge in [-0.3, -0.25) is 9.59 Å². The van der Waals surface area contributed by atoms with E-state index in [0.717, 1.165) is 16.5 Å². The van der Waals surface area contributed by atoms with Crippen molar-refractivity contribution in [2.24, 2.45) is 0 Å². The summed E-state index contributed by atoms with van der Waals surface area (Å²) in [6.07, 6.45) is 0. The Morgan fingerprint density at radius 2 is 1.82 bits per heavy atom. The van der Waals surface area contributed by atoms with E-state index >= 15 is 0 Å². The van der Waals surface area contributed by atoms with Crippen LogP contribution in [0, 0.1) is 12.7 Å². The first-order valence-electron chi connectivity index (χ1n) is 6.75. The maximum Gasteiger partial charge on any atom is 0.221 e. The quantitative estimate of drug-likeness (QED) is 0.668. The number of Topliss-reactive ketones (excluding diaryl/α,β-unsaturated/α-hetero) is 1. The summed E-state index contributed by atoms with van der Waals surface area (Å²) in [6, 6.07) is 11.9. The maximum absolute atomic E-state index is 13.9. The summed E-state index contributed by atoms with van der Waals surface area (Å²) >= 11 is 1.37. The van der Waals surface area contributed by atoms with Gasteiger partial charge in [0.1, 0.15) is 5.82 Å². The minimum atomic E-state index is -0.624. The van der Waals surface area contributed by atoms with Gasteiger partial charge in [-0.15, -0.1) is 11.8 Å². The van der Waals surface area contributed by atoms with Gasteiger partial charge in [-0.25, -0.2) is 4.39 Å². The number of thioether (sulfide) groups is 1. The van der Waals surface area contributed by atoms with E-state index in [1.54, 1.807) is 0 Å². The molecule has 0 radical (unpaired) electrons. The Morgan fingerprint density at radius 1 is 1.14 bits per heavy atom. The number of halogens is 1. The van der Waals surface area contributed by atoms with E-state index in [4.69, 9.17) is 0 Å². The highest BCUT2D eigenvalue weighted by molar-refractivity contribution is 8.00. The molecule has 0 saturated heterocycles. The number of aryl methyl sites for hydroxylation is 1. The fourth-order valence-electron chi connectivity index (χ4n) is 1.88. The lowest BCUT2D eigenvalue weighted by Crippen LogP contribution is -2.09. The number of ketones is 1. The third kappa shape index (κ3) is 4.43. The van der Waals surface area contributed by atoms with E-state index in [2.05, 4.69) is 5.32 Å². The molecule has 22 heavy (non-hydrogen) atoms. The standard InChI is InChI=1S/C17H16FNO2S/c1-11-3-6-14(7-4-11)22-10-17(21)15-8-5-13(9-16(15)18)19-12(2)20/h3-9H,10H2,1-2H3,(H,19,20). The topological polar surface area (TPSA) is 46.2 Å². The van der Waals surface area contributed by atoms with E-state index in [1.807, 2.05) is 31.2 Å². The third-order valence-electron chi connectivity index (χ3n) is 2.98. The maximum atomic E-state index is 13.9. The molecular formula is C17H16FNO2S. The van der Waals surface area contributed by atoms with Crippen LogP contribution in [0.15, 0.2) is 47.4 Å². The van der Waals surface area contributed by atoms with Gasteiger partial charge in [0, 0.05) is 17.5 Å². The Labute approximate surface area is 132 Å². The van der Waals surface area contributed by atoms with Crippen LogP contribution >= 0.6 is 11.8 Å². The summed E-state index contributed by atoms with van der Waals surface area (Å²) in [5, 5.41) is 2.48. The normalized spacial score (nSPS) is 10.3. The van der Waals surface area contributed by atoms with Gasteiger partial charge in [-0.05, 0) is 37.3 Å². The van der Waals surface area contributed by atoms with Crippen molar-refractivity contribution in [1.82, 2.24) is 0 Å². The second kappa shape index (κ2) is 7.22. The fourth-order valence-corrected chi connectivity index (χ4v) is 2.67.